The molecule has 0 bridgehead atoms. The summed E-state index contributed by atoms with van der Waals surface area (Å²) in [4.78, 5) is 11.3. The third kappa shape index (κ3) is 6.63. The van der Waals surface area contributed by atoms with Crippen LogP contribution in [0.3, 0.4) is 0 Å². The Bertz CT molecular complexity index is 766. The van der Waals surface area contributed by atoms with Crippen molar-refractivity contribution in [1.82, 2.24) is 20.5 Å². The minimum Gasteiger partial charge on any atom is -0.444 e. The predicted molar refractivity (Wildman–Crippen MR) is 125 cm³/mol. The van der Waals surface area contributed by atoms with Crippen molar-refractivity contribution >= 4 is 29.9 Å². The highest BCUT2D eigenvalue weighted by atomic mass is 127. The van der Waals surface area contributed by atoms with Crippen molar-refractivity contribution in [3.8, 4) is 11.5 Å². The van der Waals surface area contributed by atoms with Gasteiger partial charge in [0.1, 0.15) is 6.26 Å². The number of nitrogens with one attached hydrogen (secondary N) is 2. The molecule has 2 aromatic rings. The molecule has 0 amide bonds. The lowest BCUT2D eigenvalue weighted by Gasteiger charge is -2.33. The van der Waals surface area contributed by atoms with Crippen LogP contribution in [0.15, 0.2) is 58.2 Å². The van der Waals surface area contributed by atoms with Gasteiger partial charge in [-0.05, 0) is 31.9 Å². The number of hydrogen-bond donors (Lipinski definition) is 2. The zero-order valence-corrected chi connectivity index (χ0v) is 19.0. The fourth-order valence-electron chi connectivity index (χ4n) is 3.28. The van der Waals surface area contributed by atoms with Gasteiger partial charge in [0.25, 0.3) is 0 Å². The molecule has 1 saturated heterocycles. The Morgan fingerprint density at radius 1 is 1.29 bits per heavy atom. The molecule has 0 saturated carbocycles. The first-order valence-electron chi connectivity index (χ1n) is 9.48. The number of likely N-dealkylation sites (tertiary alicyclic amines) is 1. The molecule has 1 fully saturated rings. The fraction of sp³-hybridized carbons (Fsp3) is 0.429. The Morgan fingerprint density at radius 3 is 2.64 bits per heavy atom. The molecule has 0 atom stereocenters. The van der Waals surface area contributed by atoms with Gasteiger partial charge in [-0.2, -0.15) is 0 Å². The SMILES string of the molecule is C=C(C)CN1CCC(NC(=NC)NCc2coc(-c3ccccc3)n2)CC1.I. The highest BCUT2D eigenvalue weighted by Gasteiger charge is 2.19. The van der Waals surface area contributed by atoms with Crippen LogP contribution in [0.1, 0.15) is 25.5 Å². The summed E-state index contributed by atoms with van der Waals surface area (Å²) < 4.78 is 5.59. The fourth-order valence-corrected chi connectivity index (χ4v) is 3.28. The molecule has 1 aromatic carbocycles. The van der Waals surface area contributed by atoms with Crippen LogP contribution < -0.4 is 10.6 Å². The molecule has 0 spiro atoms. The zero-order chi connectivity index (χ0) is 19.1. The normalized spacial score (nSPS) is 15.7. The summed E-state index contributed by atoms with van der Waals surface area (Å²) in [6.45, 7) is 9.84. The van der Waals surface area contributed by atoms with E-state index in [4.69, 9.17) is 4.42 Å². The van der Waals surface area contributed by atoms with Crippen LogP contribution in [0, 0.1) is 0 Å². The van der Waals surface area contributed by atoms with Gasteiger partial charge in [-0.25, -0.2) is 4.98 Å². The minimum atomic E-state index is 0. The maximum absolute atomic E-state index is 5.59. The van der Waals surface area contributed by atoms with Crippen LogP contribution in [-0.4, -0.2) is 48.6 Å². The van der Waals surface area contributed by atoms with Crippen LogP contribution in [0.4, 0.5) is 0 Å². The third-order valence-corrected chi connectivity index (χ3v) is 4.65. The molecule has 7 heteroatoms. The van der Waals surface area contributed by atoms with Gasteiger partial charge >= 0.3 is 0 Å². The molecule has 6 nitrogen and oxygen atoms in total. The first-order valence-corrected chi connectivity index (χ1v) is 9.48. The second kappa shape index (κ2) is 11.2. The van der Waals surface area contributed by atoms with E-state index in [1.807, 2.05) is 30.3 Å². The first kappa shape index (κ1) is 22.4. The quantitative estimate of drug-likeness (QED) is 0.277. The van der Waals surface area contributed by atoms with Crippen LogP contribution in [0.25, 0.3) is 11.5 Å². The van der Waals surface area contributed by atoms with Gasteiger partial charge in [0.05, 0.1) is 12.2 Å². The number of guanidine groups is 1. The van der Waals surface area contributed by atoms with Crippen LogP contribution in [-0.2, 0) is 6.54 Å². The molecule has 2 N–H and O–H groups in total. The average molecular weight is 495 g/mol. The zero-order valence-electron chi connectivity index (χ0n) is 16.6. The van der Waals surface area contributed by atoms with Crippen molar-refractivity contribution < 1.29 is 4.42 Å². The number of aromatic nitrogens is 1. The maximum atomic E-state index is 5.59. The van der Waals surface area contributed by atoms with Crippen molar-refractivity contribution in [2.75, 3.05) is 26.7 Å². The van der Waals surface area contributed by atoms with E-state index in [1.165, 1.54) is 5.57 Å². The third-order valence-electron chi connectivity index (χ3n) is 4.65. The van der Waals surface area contributed by atoms with E-state index in [9.17, 15) is 0 Å². The standard InChI is InChI=1S/C21H29N5O.HI/c1-16(2)14-26-11-9-18(10-12-26)25-21(22-3)23-13-19-15-27-20(24-19)17-7-5-4-6-8-17;/h4-8,15,18H,1,9-14H2,2-3H3,(H2,22,23,25);1H. The van der Waals surface area contributed by atoms with Gasteiger partial charge < -0.3 is 15.1 Å². The Kier molecular flexibility index (Phi) is 8.98. The Morgan fingerprint density at radius 2 is 2.00 bits per heavy atom. The van der Waals surface area contributed by atoms with Crippen LogP contribution >= 0.6 is 24.0 Å². The number of oxazole rings is 1. The summed E-state index contributed by atoms with van der Waals surface area (Å²) in [6.07, 6.45) is 3.91. The molecule has 0 unspecified atom stereocenters. The minimum absolute atomic E-state index is 0. The number of nitrogens with zero attached hydrogens (tertiary/aromatic N) is 3. The lowest BCUT2D eigenvalue weighted by molar-refractivity contribution is 0.221. The molecule has 28 heavy (non-hydrogen) atoms. The van der Waals surface area contributed by atoms with Gasteiger partial charge in [0, 0.05) is 38.3 Å². The Labute approximate surface area is 184 Å². The molecule has 1 aliphatic heterocycles. The van der Waals surface area contributed by atoms with E-state index in [-0.39, 0.29) is 24.0 Å². The molecule has 0 radical (unpaired) electrons. The topological polar surface area (TPSA) is 65.7 Å². The summed E-state index contributed by atoms with van der Waals surface area (Å²) >= 11 is 0. The molecular weight excluding hydrogens is 465 g/mol. The lowest BCUT2D eigenvalue weighted by Crippen LogP contribution is -2.48. The van der Waals surface area contributed by atoms with Gasteiger partial charge in [-0.3, -0.25) is 9.89 Å². The Balaban J connectivity index is 0.00000280. The number of aliphatic imine (C=N–C) groups is 1. The second-order valence-electron chi connectivity index (χ2n) is 7.09. The summed E-state index contributed by atoms with van der Waals surface area (Å²) in [6, 6.07) is 10.4. The van der Waals surface area contributed by atoms with E-state index in [1.54, 1.807) is 13.3 Å². The number of hydrogen-bond acceptors (Lipinski definition) is 4. The van der Waals surface area contributed by atoms with E-state index in [0.29, 0.717) is 18.5 Å². The van der Waals surface area contributed by atoms with Gasteiger partial charge in [-0.1, -0.05) is 30.4 Å². The number of benzene rings is 1. The molecule has 2 heterocycles. The largest absolute Gasteiger partial charge is 0.444 e. The van der Waals surface area contributed by atoms with Crippen molar-refractivity contribution in [3.05, 3.63) is 54.4 Å². The van der Waals surface area contributed by atoms with Gasteiger partial charge in [0.2, 0.25) is 5.89 Å². The van der Waals surface area contributed by atoms with E-state index in [0.717, 1.165) is 49.7 Å². The monoisotopic (exact) mass is 495 g/mol. The Hall–Kier alpha value is -1.87. The highest BCUT2D eigenvalue weighted by Crippen LogP contribution is 2.17. The maximum Gasteiger partial charge on any atom is 0.226 e. The summed E-state index contributed by atoms with van der Waals surface area (Å²) in [5.41, 5.74) is 3.06. The summed E-state index contributed by atoms with van der Waals surface area (Å²) in [7, 11) is 1.80. The second-order valence-corrected chi connectivity index (χ2v) is 7.09. The van der Waals surface area contributed by atoms with Crippen molar-refractivity contribution in [2.45, 2.75) is 32.4 Å². The smallest absolute Gasteiger partial charge is 0.226 e. The number of rotatable bonds is 6. The van der Waals surface area contributed by atoms with Crippen molar-refractivity contribution in [1.29, 1.82) is 0 Å². The lowest BCUT2D eigenvalue weighted by atomic mass is 10.0. The molecule has 152 valence electrons. The molecular formula is C21H30IN5O. The van der Waals surface area contributed by atoms with Crippen molar-refractivity contribution in [3.63, 3.8) is 0 Å². The number of halogens is 1. The molecule has 3 rings (SSSR count). The summed E-state index contributed by atoms with van der Waals surface area (Å²) in [5.74, 6) is 1.44. The summed E-state index contributed by atoms with van der Waals surface area (Å²) in [5, 5.41) is 6.85. The highest BCUT2D eigenvalue weighted by molar-refractivity contribution is 14.0. The average Bonchev–Trinajstić information content (AvgIpc) is 3.16. The molecule has 0 aliphatic carbocycles. The van der Waals surface area contributed by atoms with E-state index in [2.05, 4.69) is 39.0 Å². The molecule has 1 aromatic heterocycles. The van der Waals surface area contributed by atoms with E-state index >= 15 is 0 Å². The predicted octanol–water partition coefficient (Wildman–Crippen LogP) is 3.67. The molecule has 1 aliphatic rings. The van der Waals surface area contributed by atoms with Gasteiger partial charge in [-0.15, -0.1) is 24.0 Å². The van der Waals surface area contributed by atoms with Crippen molar-refractivity contribution in [2.24, 2.45) is 4.99 Å². The van der Waals surface area contributed by atoms with Gasteiger partial charge in [0.15, 0.2) is 5.96 Å². The first-order chi connectivity index (χ1) is 13.1. The number of piperidine rings is 1. The van der Waals surface area contributed by atoms with E-state index < -0.39 is 0 Å². The van der Waals surface area contributed by atoms with Crippen LogP contribution in [0.2, 0.25) is 0 Å². The van der Waals surface area contributed by atoms with Crippen LogP contribution in [0.5, 0.6) is 0 Å².